The van der Waals surface area contributed by atoms with Gasteiger partial charge in [0.25, 0.3) is 5.91 Å². The first-order chi connectivity index (χ1) is 14.0. The maximum Gasteiger partial charge on any atom is 0.315 e. The summed E-state index contributed by atoms with van der Waals surface area (Å²) in [6.45, 7) is 0.968. The third kappa shape index (κ3) is 3.29. The fraction of sp³-hybridized carbons (Fsp3) is 0.238. The maximum atomic E-state index is 12.8. The Morgan fingerprint density at radius 1 is 1.03 bits per heavy atom. The lowest BCUT2D eigenvalue weighted by molar-refractivity contribution is -0.152. The molecule has 1 atom stereocenters. The van der Waals surface area contributed by atoms with Crippen molar-refractivity contribution in [3.8, 4) is 0 Å². The molecule has 0 radical (unpaired) electrons. The Morgan fingerprint density at radius 2 is 1.57 bits per heavy atom. The van der Waals surface area contributed by atoms with Gasteiger partial charge in [-0.15, -0.1) is 23.2 Å². The Labute approximate surface area is 186 Å². The van der Waals surface area contributed by atoms with Crippen molar-refractivity contribution >= 4 is 63.9 Å². The van der Waals surface area contributed by atoms with Crippen LogP contribution in [-0.4, -0.2) is 34.4 Å². The molecule has 9 heteroatoms. The molecule has 2 aliphatic rings. The van der Waals surface area contributed by atoms with E-state index in [2.05, 4.69) is 5.32 Å². The largest absolute Gasteiger partial charge is 0.455 e. The van der Waals surface area contributed by atoms with Crippen LogP contribution in [0.25, 0.3) is 0 Å². The molecule has 1 amide bonds. The normalized spacial score (nSPS) is 20.8. The molecule has 0 unspecified atom stereocenters. The number of hydrogen-bond donors (Lipinski definition) is 1. The second-order valence-corrected chi connectivity index (χ2v) is 9.31. The molecule has 2 aromatic carbocycles. The van der Waals surface area contributed by atoms with Crippen molar-refractivity contribution in [3.63, 3.8) is 0 Å². The number of ether oxygens (including phenoxy) is 1. The van der Waals surface area contributed by atoms with Gasteiger partial charge in [0, 0.05) is 28.7 Å². The van der Waals surface area contributed by atoms with Gasteiger partial charge in [0.05, 0.1) is 10.7 Å². The van der Waals surface area contributed by atoms with Crippen molar-refractivity contribution in [1.29, 1.82) is 0 Å². The summed E-state index contributed by atoms with van der Waals surface area (Å²) in [5.74, 6) is -2.02. The van der Waals surface area contributed by atoms with Gasteiger partial charge in [-0.3, -0.25) is 19.2 Å². The number of benzene rings is 2. The van der Waals surface area contributed by atoms with E-state index in [1.54, 1.807) is 31.2 Å². The average molecular weight is 467 g/mol. The number of nitrogens with one attached hydrogen (secondary N) is 1. The summed E-state index contributed by atoms with van der Waals surface area (Å²) in [4.78, 5) is 49.8. The molecular weight excluding hydrogens is 453 g/mol. The van der Waals surface area contributed by atoms with Crippen LogP contribution in [0, 0.1) is 5.41 Å². The zero-order chi connectivity index (χ0) is 21.8. The summed E-state index contributed by atoms with van der Waals surface area (Å²) < 4.78 is 3.79. The molecule has 0 aliphatic heterocycles. The molecule has 30 heavy (non-hydrogen) atoms. The van der Waals surface area contributed by atoms with Crippen LogP contribution >= 0.6 is 34.8 Å². The molecule has 2 aromatic rings. The Kier molecular flexibility index (Phi) is 4.92. The van der Waals surface area contributed by atoms with Crippen molar-refractivity contribution in [3.05, 3.63) is 63.7 Å². The van der Waals surface area contributed by atoms with E-state index < -0.39 is 28.2 Å². The molecule has 1 N–H and O–H groups in total. The van der Waals surface area contributed by atoms with Gasteiger partial charge in [0.15, 0.2) is 18.2 Å². The SMILES string of the molecule is C[C@@]1(C(=O)OCC(=O)Nc2cc3c(cc2Cl)C(=O)c2ccccc2C3=O)CC1(Cl)Cl. The molecule has 2 aliphatic carbocycles. The number of hydrogen-bond acceptors (Lipinski definition) is 5. The standard InChI is InChI=1S/C21H14Cl3NO5/c1-20(9-21(20,23)24)19(29)30-8-16(26)25-15-7-13-12(6-14(15)22)17(27)10-4-2-3-5-11(10)18(13)28/h2-7H,8-9H2,1H3,(H,25,26)/t20-/m0/s1. The number of halogens is 3. The first-order valence-electron chi connectivity index (χ1n) is 8.92. The number of alkyl halides is 2. The van der Waals surface area contributed by atoms with Crippen LogP contribution in [-0.2, 0) is 14.3 Å². The van der Waals surface area contributed by atoms with E-state index >= 15 is 0 Å². The molecule has 0 bridgehead atoms. The van der Waals surface area contributed by atoms with Gasteiger partial charge in [-0.25, -0.2) is 0 Å². The fourth-order valence-corrected chi connectivity index (χ4v) is 4.21. The number of ketones is 2. The lowest BCUT2D eigenvalue weighted by Crippen LogP contribution is -2.27. The van der Waals surface area contributed by atoms with Crippen LogP contribution in [0.3, 0.4) is 0 Å². The molecule has 1 saturated carbocycles. The van der Waals surface area contributed by atoms with Crippen LogP contribution in [0.4, 0.5) is 5.69 Å². The second-order valence-electron chi connectivity index (χ2n) is 7.42. The predicted octanol–water partition coefficient (Wildman–Crippen LogP) is 4.18. The van der Waals surface area contributed by atoms with E-state index in [4.69, 9.17) is 39.5 Å². The summed E-state index contributed by atoms with van der Waals surface area (Å²) in [6, 6.07) is 9.17. The zero-order valence-corrected chi connectivity index (χ0v) is 17.8. The topological polar surface area (TPSA) is 89.5 Å². The molecule has 0 heterocycles. The molecule has 4 rings (SSSR count). The Hall–Kier alpha value is -2.41. The van der Waals surface area contributed by atoms with Gasteiger partial charge in [-0.2, -0.15) is 0 Å². The van der Waals surface area contributed by atoms with Gasteiger partial charge in [0.2, 0.25) is 0 Å². The van der Waals surface area contributed by atoms with Crippen molar-refractivity contribution in [2.75, 3.05) is 11.9 Å². The highest BCUT2D eigenvalue weighted by atomic mass is 35.5. The van der Waals surface area contributed by atoms with E-state index in [-0.39, 0.29) is 45.4 Å². The van der Waals surface area contributed by atoms with E-state index in [1.807, 2.05) is 0 Å². The molecular formula is C21H14Cl3NO5. The van der Waals surface area contributed by atoms with Crippen molar-refractivity contribution in [2.24, 2.45) is 5.41 Å². The Morgan fingerprint density at radius 3 is 2.10 bits per heavy atom. The molecule has 0 spiro atoms. The van der Waals surface area contributed by atoms with Crippen molar-refractivity contribution in [2.45, 2.75) is 17.7 Å². The summed E-state index contributed by atoms with van der Waals surface area (Å²) >= 11 is 18.1. The van der Waals surface area contributed by atoms with Crippen LogP contribution in [0.1, 0.15) is 45.2 Å². The fourth-order valence-electron chi connectivity index (χ4n) is 3.31. The summed E-state index contributed by atoms with van der Waals surface area (Å²) in [5.41, 5.74) is -0.0474. The van der Waals surface area contributed by atoms with Crippen molar-refractivity contribution < 1.29 is 23.9 Å². The lowest BCUT2D eigenvalue weighted by Gasteiger charge is -2.19. The summed E-state index contributed by atoms with van der Waals surface area (Å²) in [5, 5.41) is 2.56. The predicted molar refractivity (Wildman–Crippen MR) is 112 cm³/mol. The molecule has 1 fully saturated rings. The second kappa shape index (κ2) is 7.08. The van der Waals surface area contributed by atoms with E-state index in [1.165, 1.54) is 12.1 Å². The van der Waals surface area contributed by atoms with Gasteiger partial charge in [0.1, 0.15) is 9.75 Å². The minimum Gasteiger partial charge on any atom is -0.455 e. The van der Waals surface area contributed by atoms with Gasteiger partial charge < -0.3 is 10.1 Å². The first-order valence-corrected chi connectivity index (χ1v) is 10.1. The quantitative estimate of drug-likeness (QED) is 0.460. The van der Waals surface area contributed by atoms with Gasteiger partial charge in [-0.1, -0.05) is 35.9 Å². The molecule has 6 nitrogen and oxygen atoms in total. The van der Waals surface area contributed by atoms with E-state index in [9.17, 15) is 19.2 Å². The third-order valence-corrected chi connectivity index (χ3v) is 6.74. The van der Waals surface area contributed by atoms with Crippen LogP contribution < -0.4 is 5.32 Å². The molecule has 0 saturated heterocycles. The minimum atomic E-state index is -1.20. The number of carbonyl (C=O) groups is 4. The van der Waals surface area contributed by atoms with Crippen LogP contribution in [0.5, 0.6) is 0 Å². The van der Waals surface area contributed by atoms with Gasteiger partial charge in [-0.05, 0) is 19.1 Å². The number of rotatable bonds is 4. The third-order valence-electron chi connectivity index (χ3n) is 5.33. The number of amides is 1. The molecule has 154 valence electrons. The van der Waals surface area contributed by atoms with Gasteiger partial charge >= 0.3 is 5.97 Å². The number of anilines is 1. The van der Waals surface area contributed by atoms with Crippen molar-refractivity contribution in [1.82, 2.24) is 0 Å². The Bertz CT molecular complexity index is 1140. The monoisotopic (exact) mass is 465 g/mol. The Balaban J connectivity index is 1.51. The minimum absolute atomic E-state index is 0.0728. The van der Waals surface area contributed by atoms with Crippen LogP contribution in [0.2, 0.25) is 5.02 Å². The lowest BCUT2D eigenvalue weighted by atomic mass is 9.84. The number of fused-ring (bicyclic) bond motifs is 2. The molecule has 0 aromatic heterocycles. The highest BCUT2D eigenvalue weighted by Crippen LogP contribution is 2.64. The highest BCUT2D eigenvalue weighted by Gasteiger charge is 2.69. The van der Waals surface area contributed by atoms with E-state index in [0.717, 1.165) is 0 Å². The summed E-state index contributed by atoms with van der Waals surface area (Å²) in [7, 11) is 0. The number of esters is 1. The van der Waals surface area contributed by atoms with Crippen LogP contribution in [0.15, 0.2) is 36.4 Å². The zero-order valence-electron chi connectivity index (χ0n) is 15.6. The smallest absolute Gasteiger partial charge is 0.315 e. The van der Waals surface area contributed by atoms with E-state index in [0.29, 0.717) is 5.56 Å². The maximum absolute atomic E-state index is 12.8. The first kappa shape index (κ1) is 20.8. The summed E-state index contributed by atoms with van der Waals surface area (Å²) in [6.07, 6.45) is 0.234. The highest BCUT2D eigenvalue weighted by molar-refractivity contribution is 6.53. The number of carbonyl (C=O) groups excluding carboxylic acids is 4. The average Bonchev–Trinajstić information content (AvgIpc) is 3.24.